The van der Waals surface area contributed by atoms with Crippen LogP contribution in [0.25, 0.3) is 11.0 Å². The van der Waals surface area contributed by atoms with E-state index in [9.17, 15) is 9.18 Å². The summed E-state index contributed by atoms with van der Waals surface area (Å²) in [7, 11) is 0. The highest BCUT2D eigenvalue weighted by molar-refractivity contribution is 6.40. The molecule has 0 bridgehead atoms. The maximum Gasteiger partial charge on any atom is 0.338 e. The Bertz CT molecular complexity index is 604. The van der Waals surface area contributed by atoms with E-state index in [0.29, 0.717) is 0 Å². The van der Waals surface area contributed by atoms with Gasteiger partial charge < -0.3 is 5.11 Å². The molecule has 7 heteroatoms. The monoisotopic (exact) mass is 260 g/mol. The topological polar surface area (TPSA) is 63.1 Å². The molecule has 2 aromatic rings. The number of hydrogen-bond acceptors (Lipinski definition) is 3. The summed E-state index contributed by atoms with van der Waals surface area (Å²) in [5.74, 6) is -2.03. The van der Waals surface area contributed by atoms with Gasteiger partial charge in [-0.05, 0) is 6.07 Å². The van der Waals surface area contributed by atoms with E-state index in [-0.39, 0.29) is 26.9 Å². The minimum atomic E-state index is -1.31. The molecule has 16 heavy (non-hydrogen) atoms. The third-order valence-corrected chi connectivity index (χ3v) is 2.51. The van der Waals surface area contributed by atoms with Crippen molar-refractivity contribution in [2.45, 2.75) is 0 Å². The zero-order valence-electron chi connectivity index (χ0n) is 7.54. The molecule has 2 rings (SSSR count). The highest BCUT2D eigenvalue weighted by atomic mass is 35.5. The molecule has 1 N–H and O–H groups in total. The van der Waals surface area contributed by atoms with Gasteiger partial charge in [-0.3, -0.25) is 0 Å². The molecular formula is C9H3Cl2FN2O2. The van der Waals surface area contributed by atoms with Gasteiger partial charge >= 0.3 is 5.97 Å². The third kappa shape index (κ3) is 1.79. The van der Waals surface area contributed by atoms with Crippen LogP contribution in [-0.4, -0.2) is 21.0 Å². The first-order valence-corrected chi connectivity index (χ1v) is 4.80. The Morgan fingerprint density at radius 3 is 2.50 bits per heavy atom. The van der Waals surface area contributed by atoms with E-state index in [0.717, 1.165) is 12.1 Å². The van der Waals surface area contributed by atoms with Crippen molar-refractivity contribution in [3.05, 3.63) is 33.8 Å². The second kappa shape index (κ2) is 3.84. The normalized spacial score (nSPS) is 10.7. The van der Waals surface area contributed by atoms with E-state index in [1.807, 2.05) is 0 Å². The number of carbonyl (C=O) groups is 1. The summed E-state index contributed by atoms with van der Waals surface area (Å²) in [6.07, 6.45) is 0. The van der Waals surface area contributed by atoms with Gasteiger partial charge in [-0.2, -0.15) is 0 Å². The predicted octanol–water partition coefficient (Wildman–Crippen LogP) is 2.77. The van der Waals surface area contributed by atoms with Crippen LogP contribution in [0.3, 0.4) is 0 Å². The average Bonchev–Trinajstić information content (AvgIpc) is 2.19. The van der Waals surface area contributed by atoms with Crippen LogP contribution in [0.2, 0.25) is 10.3 Å². The minimum Gasteiger partial charge on any atom is -0.478 e. The Labute approximate surface area is 98.6 Å². The number of hydrogen-bond donors (Lipinski definition) is 1. The number of benzene rings is 1. The van der Waals surface area contributed by atoms with Crippen LogP contribution in [0.4, 0.5) is 4.39 Å². The molecule has 0 atom stereocenters. The minimum absolute atomic E-state index is 0.00306. The lowest BCUT2D eigenvalue weighted by atomic mass is 10.1. The first kappa shape index (κ1) is 11.0. The first-order valence-electron chi connectivity index (χ1n) is 4.04. The molecule has 82 valence electrons. The molecule has 1 aromatic heterocycles. The summed E-state index contributed by atoms with van der Waals surface area (Å²) >= 11 is 11.2. The lowest BCUT2D eigenvalue weighted by Crippen LogP contribution is -2.01. The van der Waals surface area contributed by atoms with Gasteiger partial charge in [-0.15, -0.1) is 0 Å². The lowest BCUT2D eigenvalue weighted by Gasteiger charge is -2.03. The molecule has 0 aliphatic carbocycles. The van der Waals surface area contributed by atoms with E-state index in [2.05, 4.69) is 9.97 Å². The van der Waals surface area contributed by atoms with Crippen molar-refractivity contribution in [2.75, 3.05) is 0 Å². The molecule has 0 aliphatic heterocycles. The van der Waals surface area contributed by atoms with Gasteiger partial charge in [0.1, 0.15) is 11.3 Å². The smallest absolute Gasteiger partial charge is 0.338 e. The van der Waals surface area contributed by atoms with Crippen LogP contribution in [0.15, 0.2) is 12.1 Å². The van der Waals surface area contributed by atoms with E-state index in [1.54, 1.807) is 0 Å². The van der Waals surface area contributed by atoms with E-state index in [4.69, 9.17) is 28.3 Å². The average molecular weight is 261 g/mol. The second-order valence-corrected chi connectivity index (χ2v) is 3.65. The molecule has 0 saturated carbocycles. The Balaban J connectivity index is 2.90. The maximum absolute atomic E-state index is 13.1. The maximum atomic E-state index is 13.1. The fraction of sp³-hybridized carbons (Fsp3) is 0. The number of carboxylic acids is 1. The summed E-state index contributed by atoms with van der Waals surface area (Å²) in [6, 6.07) is 1.89. The van der Waals surface area contributed by atoms with Crippen LogP contribution in [-0.2, 0) is 0 Å². The summed E-state index contributed by atoms with van der Waals surface area (Å²) in [6.45, 7) is 0. The number of halogens is 3. The third-order valence-electron chi connectivity index (χ3n) is 1.88. The summed E-state index contributed by atoms with van der Waals surface area (Å²) < 4.78 is 13.1. The molecule has 0 radical (unpaired) electrons. The zero-order chi connectivity index (χ0) is 11.9. The Kier molecular flexibility index (Phi) is 2.65. The van der Waals surface area contributed by atoms with Gasteiger partial charge in [0.2, 0.25) is 0 Å². The number of carboxylic acid groups (broad SMARTS) is 1. The van der Waals surface area contributed by atoms with E-state index < -0.39 is 11.8 Å². The summed E-state index contributed by atoms with van der Waals surface area (Å²) in [5.41, 5.74) is -0.254. The largest absolute Gasteiger partial charge is 0.478 e. The van der Waals surface area contributed by atoms with Crippen LogP contribution in [0, 0.1) is 5.82 Å². The molecule has 0 amide bonds. The van der Waals surface area contributed by atoms with Gasteiger partial charge in [0.05, 0.1) is 11.1 Å². The quantitative estimate of drug-likeness (QED) is 0.857. The van der Waals surface area contributed by atoms with Crippen molar-refractivity contribution in [1.82, 2.24) is 9.97 Å². The first-order chi connectivity index (χ1) is 7.49. The van der Waals surface area contributed by atoms with Gasteiger partial charge in [0.15, 0.2) is 10.3 Å². The predicted molar refractivity (Wildman–Crippen MR) is 56.5 cm³/mol. The molecular weight excluding hydrogens is 258 g/mol. The highest BCUT2D eigenvalue weighted by Gasteiger charge is 2.15. The molecule has 0 fully saturated rings. The fourth-order valence-corrected chi connectivity index (χ4v) is 1.51. The van der Waals surface area contributed by atoms with Gasteiger partial charge in [0, 0.05) is 6.07 Å². The number of aromatic nitrogens is 2. The van der Waals surface area contributed by atoms with Crippen LogP contribution < -0.4 is 0 Å². The fourth-order valence-electron chi connectivity index (χ4n) is 1.25. The highest BCUT2D eigenvalue weighted by Crippen LogP contribution is 2.24. The Morgan fingerprint density at radius 2 is 1.88 bits per heavy atom. The van der Waals surface area contributed by atoms with Gasteiger partial charge in [-0.1, -0.05) is 23.2 Å². The molecule has 0 saturated heterocycles. The molecule has 0 unspecified atom stereocenters. The van der Waals surface area contributed by atoms with E-state index in [1.165, 1.54) is 0 Å². The Hall–Kier alpha value is -1.46. The van der Waals surface area contributed by atoms with Crippen molar-refractivity contribution >= 4 is 40.2 Å². The van der Waals surface area contributed by atoms with Gasteiger partial charge in [0.25, 0.3) is 0 Å². The number of nitrogens with zero attached hydrogens (tertiary/aromatic N) is 2. The van der Waals surface area contributed by atoms with Crippen LogP contribution >= 0.6 is 23.2 Å². The zero-order valence-corrected chi connectivity index (χ0v) is 9.05. The van der Waals surface area contributed by atoms with Crippen molar-refractivity contribution in [2.24, 2.45) is 0 Å². The van der Waals surface area contributed by atoms with Crippen LogP contribution in [0.5, 0.6) is 0 Å². The molecule has 1 heterocycles. The molecule has 0 spiro atoms. The molecule has 1 aromatic carbocycles. The molecule has 0 aliphatic rings. The van der Waals surface area contributed by atoms with Crippen molar-refractivity contribution in [1.29, 1.82) is 0 Å². The number of aromatic carboxylic acids is 1. The summed E-state index contributed by atoms with van der Waals surface area (Å²) in [5, 5.41) is 8.63. The van der Waals surface area contributed by atoms with Crippen molar-refractivity contribution in [3.63, 3.8) is 0 Å². The van der Waals surface area contributed by atoms with Crippen molar-refractivity contribution < 1.29 is 14.3 Å². The summed E-state index contributed by atoms with van der Waals surface area (Å²) in [4.78, 5) is 18.4. The van der Waals surface area contributed by atoms with Crippen LogP contribution in [0.1, 0.15) is 10.4 Å². The Morgan fingerprint density at radius 1 is 1.25 bits per heavy atom. The lowest BCUT2D eigenvalue weighted by molar-refractivity contribution is 0.0698. The standard InChI is InChI=1S/C9H3Cl2FN2O2/c10-7-8(11)14-6-4(9(15)16)1-3(12)2-5(6)13-7/h1-2H,(H,15,16). The second-order valence-electron chi connectivity index (χ2n) is 2.93. The SMILES string of the molecule is O=C(O)c1cc(F)cc2nc(Cl)c(Cl)nc12. The van der Waals surface area contributed by atoms with E-state index >= 15 is 0 Å². The number of rotatable bonds is 1. The van der Waals surface area contributed by atoms with Gasteiger partial charge in [-0.25, -0.2) is 19.2 Å². The number of fused-ring (bicyclic) bond motifs is 1. The molecule has 4 nitrogen and oxygen atoms in total. The van der Waals surface area contributed by atoms with Crippen molar-refractivity contribution in [3.8, 4) is 0 Å².